The number of aliphatic hydroxyl groups excluding tert-OH is 2. The van der Waals surface area contributed by atoms with Gasteiger partial charge in [-0.15, -0.1) is 0 Å². The predicted molar refractivity (Wildman–Crippen MR) is 73.4 cm³/mol. The lowest BCUT2D eigenvalue weighted by Gasteiger charge is -2.20. The zero-order valence-electron chi connectivity index (χ0n) is 10.1. The lowest BCUT2D eigenvalue weighted by Crippen LogP contribution is -2.37. The molecule has 0 bridgehead atoms. The van der Waals surface area contributed by atoms with E-state index in [4.69, 9.17) is 20.3 Å². The molecule has 8 nitrogen and oxygen atoms in total. The summed E-state index contributed by atoms with van der Waals surface area (Å²) in [5, 5.41) is 19.0. The molecule has 106 valence electrons. The van der Waals surface area contributed by atoms with E-state index in [1.54, 1.807) is 0 Å². The van der Waals surface area contributed by atoms with Gasteiger partial charge in [0.1, 0.15) is 24.1 Å². The quantitative estimate of drug-likeness (QED) is 0.555. The van der Waals surface area contributed by atoms with Crippen molar-refractivity contribution in [2.24, 2.45) is 0 Å². The fourth-order valence-corrected chi connectivity index (χ4v) is 2.41. The molecule has 19 heavy (non-hydrogen) atoms. The highest BCUT2D eigenvalue weighted by Gasteiger charge is 2.45. The second kappa shape index (κ2) is 5.71. The maximum atomic E-state index is 11.8. The Kier molecular flexibility index (Phi) is 4.40. The summed E-state index contributed by atoms with van der Waals surface area (Å²) in [5.41, 5.74) is 4.94. The first-order chi connectivity index (χ1) is 8.99. The number of anilines is 1. The molecule has 0 amide bonds. The first-order valence-corrected chi connectivity index (χ1v) is 6.58. The molecule has 9 heteroatoms. The van der Waals surface area contributed by atoms with Crippen LogP contribution in [0.4, 0.5) is 5.82 Å². The Morgan fingerprint density at radius 2 is 2.37 bits per heavy atom. The minimum Gasteiger partial charge on any atom is -0.394 e. The molecule has 0 aromatic carbocycles. The Morgan fingerprint density at radius 1 is 1.68 bits per heavy atom. The van der Waals surface area contributed by atoms with Crippen LogP contribution in [-0.2, 0) is 9.47 Å². The Bertz CT molecular complexity index is 522. The molecule has 0 radical (unpaired) electrons. The van der Waals surface area contributed by atoms with Gasteiger partial charge in [0, 0.05) is 13.3 Å². The van der Waals surface area contributed by atoms with Crippen molar-refractivity contribution in [1.29, 1.82) is 0 Å². The molecule has 0 spiro atoms. The van der Waals surface area contributed by atoms with E-state index in [0.29, 0.717) is 3.57 Å². The average molecular weight is 383 g/mol. The lowest BCUT2D eigenvalue weighted by molar-refractivity contribution is -0.0625. The smallest absolute Gasteiger partial charge is 0.351 e. The third-order valence-corrected chi connectivity index (χ3v) is 3.80. The van der Waals surface area contributed by atoms with Gasteiger partial charge in [-0.25, -0.2) is 4.79 Å². The van der Waals surface area contributed by atoms with E-state index < -0.39 is 30.2 Å². The van der Waals surface area contributed by atoms with E-state index in [0.717, 1.165) is 0 Å². The molecule has 0 saturated carbocycles. The third-order valence-electron chi connectivity index (χ3n) is 2.97. The van der Waals surface area contributed by atoms with Crippen molar-refractivity contribution in [3.8, 4) is 0 Å². The van der Waals surface area contributed by atoms with E-state index in [-0.39, 0.29) is 12.4 Å². The van der Waals surface area contributed by atoms with Crippen molar-refractivity contribution in [2.45, 2.75) is 24.5 Å². The topological polar surface area (TPSA) is 120 Å². The lowest BCUT2D eigenvalue weighted by atomic mass is 10.1. The molecular weight excluding hydrogens is 369 g/mol. The van der Waals surface area contributed by atoms with Crippen molar-refractivity contribution in [3.05, 3.63) is 20.3 Å². The van der Waals surface area contributed by atoms with E-state index in [9.17, 15) is 9.90 Å². The number of hydrogen-bond acceptors (Lipinski definition) is 7. The number of hydrogen-bond donors (Lipinski definition) is 3. The molecule has 1 saturated heterocycles. The van der Waals surface area contributed by atoms with E-state index in [2.05, 4.69) is 4.98 Å². The van der Waals surface area contributed by atoms with Gasteiger partial charge < -0.3 is 25.4 Å². The van der Waals surface area contributed by atoms with Gasteiger partial charge in [-0.3, -0.25) is 4.57 Å². The molecule has 1 aliphatic rings. The third kappa shape index (κ3) is 2.60. The van der Waals surface area contributed by atoms with Gasteiger partial charge in [0.2, 0.25) is 0 Å². The molecule has 4 N–H and O–H groups in total. The van der Waals surface area contributed by atoms with Crippen LogP contribution in [0.2, 0.25) is 0 Å². The van der Waals surface area contributed by atoms with Crippen LogP contribution in [0.1, 0.15) is 6.23 Å². The fraction of sp³-hybridized carbons (Fsp3) is 0.600. The van der Waals surface area contributed by atoms with Crippen LogP contribution in [0.3, 0.4) is 0 Å². The second-order valence-corrected chi connectivity index (χ2v) is 5.26. The van der Waals surface area contributed by atoms with Crippen molar-refractivity contribution in [1.82, 2.24) is 9.55 Å². The standard InChI is InChI=1S/C10H14IN3O5/c1-18-7-6(16)5(3-15)19-9(7)14-2-4(11)8(12)13-10(14)17/h2,5-7,9,15-16H,3H2,1H3,(H2,12,13,17). The summed E-state index contributed by atoms with van der Waals surface area (Å²) >= 11 is 1.94. The predicted octanol–water partition coefficient (Wildman–Crippen LogP) is -1.30. The summed E-state index contributed by atoms with van der Waals surface area (Å²) in [5.74, 6) is 0.132. The number of methoxy groups -OCH3 is 1. The largest absolute Gasteiger partial charge is 0.394 e. The van der Waals surface area contributed by atoms with Gasteiger partial charge in [0.15, 0.2) is 6.23 Å². The summed E-state index contributed by atoms with van der Waals surface area (Å²) in [6.07, 6.45) is -1.98. The van der Waals surface area contributed by atoms with Gasteiger partial charge >= 0.3 is 5.69 Å². The summed E-state index contributed by atoms with van der Waals surface area (Å²) < 4.78 is 12.4. The second-order valence-electron chi connectivity index (χ2n) is 4.10. The summed E-state index contributed by atoms with van der Waals surface area (Å²) in [6.45, 7) is -0.369. The number of halogens is 1. The first kappa shape index (κ1) is 14.7. The summed E-state index contributed by atoms with van der Waals surface area (Å²) in [7, 11) is 1.39. The molecule has 1 aliphatic heterocycles. The highest BCUT2D eigenvalue weighted by atomic mass is 127. The van der Waals surface area contributed by atoms with Gasteiger partial charge in [-0.1, -0.05) is 0 Å². The number of nitrogens with zero attached hydrogens (tertiary/aromatic N) is 2. The molecule has 4 unspecified atom stereocenters. The van der Waals surface area contributed by atoms with Crippen LogP contribution in [0.5, 0.6) is 0 Å². The van der Waals surface area contributed by atoms with Gasteiger partial charge in [-0.2, -0.15) is 4.98 Å². The molecule has 2 rings (SSSR count). The number of aliphatic hydroxyl groups is 2. The van der Waals surface area contributed by atoms with Gasteiger partial charge in [0.25, 0.3) is 0 Å². The molecular formula is C10H14IN3O5. The normalized spacial score (nSPS) is 30.7. The monoisotopic (exact) mass is 383 g/mol. The van der Waals surface area contributed by atoms with Crippen LogP contribution >= 0.6 is 22.6 Å². The van der Waals surface area contributed by atoms with Crippen molar-refractivity contribution >= 4 is 28.4 Å². The zero-order valence-corrected chi connectivity index (χ0v) is 12.2. The van der Waals surface area contributed by atoms with Crippen LogP contribution in [0.25, 0.3) is 0 Å². The number of aromatic nitrogens is 2. The Morgan fingerprint density at radius 3 is 2.95 bits per heavy atom. The van der Waals surface area contributed by atoms with Gasteiger partial charge in [0.05, 0.1) is 10.2 Å². The number of ether oxygens (including phenoxy) is 2. The molecule has 0 aliphatic carbocycles. The fourth-order valence-electron chi connectivity index (χ4n) is 1.99. The average Bonchev–Trinajstić information content (AvgIpc) is 2.70. The molecule has 4 atom stereocenters. The van der Waals surface area contributed by atoms with Crippen molar-refractivity contribution in [3.63, 3.8) is 0 Å². The van der Waals surface area contributed by atoms with Crippen molar-refractivity contribution < 1.29 is 19.7 Å². The first-order valence-electron chi connectivity index (χ1n) is 5.51. The molecule has 2 heterocycles. The zero-order chi connectivity index (χ0) is 14.2. The Hall–Kier alpha value is -0.750. The number of nitrogens with two attached hydrogens (primary N) is 1. The van der Waals surface area contributed by atoms with E-state index >= 15 is 0 Å². The SMILES string of the molecule is COC1C(O)C(CO)OC1n1cc(I)c(N)nc1=O. The van der Waals surface area contributed by atoms with E-state index in [1.807, 2.05) is 22.6 Å². The minimum absolute atomic E-state index is 0.132. The minimum atomic E-state index is -1.03. The maximum absolute atomic E-state index is 11.8. The Labute approximate surface area is 122 Å². The summed E-state index contributed by atoms with van der Waals surface area (Å²) in [4.78, 5) is 15.5. The number of rotatable bonds is 3. The van der Waals surface area contributed by atoms with Crippen LogP contribution in [-0.4, -0.2) is 51.8 Å². The molecule has 1 aromatic heterocycles. The summed E-state index contributed by atoms with van der Waals surface area (Å²) in [6, 6.07) is 0. The molecule has 1 aromatic rings. The highest BCUT2D eigenvalue weighted by molar-refractivity contribution is 14.1. The van der Waals surface area contributed by atoms with Crippen LogP contribution in [0.15, 0.2) is 11.0 Å². The maximum Gasteiger partial charge on any atom is 0.351 e. The van der Waals surface area contributed by atoms with Crippen LogP contribution in [0, 0.1) is 3.57 Å². The van der Waals surface area contributed by atoms with Crippen LogP contribution < -0.4 is 11.4 Å². The Balaban J connectivity index is 2.41. The van der Waals surface area contributed by atoms with Gasteiger partial charge in [-0.05, 0) is 22.6 Å². The molecule has 1 fully saturated rings. The van der Waals surface area contributed by atoms with Crippen molar-refractivity contribution in [2.75, 3.05) is 19.5 Å². The number of nitrogen functional groups attached to an aromatic ring is 1. The highest BCUT2D eigenvalue weighted by Crippen LogP contribution is 2.30. The van der Waals surface area contributed by atoms with E-state index in [1.165, 1.54) is 17.9 Å².